The van der Waals surface area contributed by atoms with Gasteiger partial charge < -0.3 is 10.4 Å². The summed E-state index contributed by atoms with van der Waals surface area (Å²) in [6, 6.07) is 8.91. The van der Waals surface area contributed by atoms with Gasteiger partial charge in [-0.2, -0.15) is 11.8 Å². The van der Waals surface area contributed by atoms with Crippen molar-refractivity contribution in [3.63, 3.8) is 0 Å². The Morgan fingerprint density at radius 1 is 1.13 bits per heavy atom. The fourth-order valence-corrected chi connectivity index (χ4v) is 3.93. The predicted octanol–water partition coefficient (Wildman–Crippen LogP) is 4.15. The lowest BCUT2D eigenvalue weighted by molar-refractivity contribution is -0.138. The first kappa shape index (κ1) is 24.4. The summed E-state index contributed by atoms with van der Waals surface area (Å²) in [4.78, 5) is 42.7. The molecule has 0 fully saturated rings. The maximum Gasteiger partial charge on any atom is 0.327 e. The molecule has 166 valence electrons. The van der Waals surface area contributed by atoms with Gasteiger partial charge in [-0.1, -0.05) is 39.0 Å². The number of aromatic nitrogens is 1. The Bertz CT molecular complexity index is 889. The van der Waals surface area contributed by atoms with E-state index in [-0.39, 0.29) is 12.3 Å². The first-order chi connectivity index (χ1) is 14.8. The Balaban J connectivity index is 2.17. The molecular weight excluding hydrogens is 414 g/mol. The molecule has 1 aromatic carbocycles. The van der Waals surface area contributed by atoms with Gasteiger partial charge in [0.1, 0.15) is 6.04 Å². The largest absolute Gasteiger partial charge is 0.480 e. The molecule has 0 aliphatic heterocycles. The van der Waals surface area contributed by atoms with Crippen LogP contribution in [0.4, 0.5) is 4.79 Å². The average molecular weight is 444 g/mol. The number of carboxylic acid groups (broad SMARTS) is 1. The van der Waals surface area contributed by atoms with Gasteiger partial charge >= 0.3 is 12.0 Å². The Labute approximate surface area is 187 Å². The fraction of sp³-hybridized carbons (Fsp3) is 0.391. The number of pyridine rings is 1. The van der Waals surface area contributed by atoms with Crippen LogP contribution >= 0.6 is 11.8 Å². The second kappa shape index (κ2) is 12.1. The lowest BCUT2D eigenvalue weighted by atomic mass is 10.0. The predicted molar refractivity (Wildman–Crippen MR) is 123 cm³/mol. The minimum absolute atomic E-state index is 0.188. The first-order valence-corrected chi connectivity index (χ1v) is 11.4. The van der Waals surface area contributed by atoms with Gasteiger partial charge in [0.25, 0.3) is 5.91 Å². The van der Waals surface area contributed by atoms with Gasteiger partial charge in [0.2, 0.25) is 0 Å². The summed E-state index contributed by atoms with van der Waals surface area (Å²) in [5.74, 6) is -0.140. The van der Waals surface area contributed by atoms with Crippen molar-refractivity contribution in [2.45, 2.75) is 33.2 Å². The van der Waals surface area contributed by atoms with Crippen molar-refractivity contribution in [2.24, 2.45) is 5.92 Å². The number of carboxylic acids is 1. The smallest absolute Gasteiger partial charge is 0.327 e. The molecule has 0 saturated carbocycles. The molecule has 1 aromatic heterocycles. The van der Waals surface area contributed by atoms with Crippen LogP contribution in [0.15, 0.2) is 48.8 Å². The maximum absolute atomic E-state index is 13.1. The summed E-state index contributed by atoms with van der Waals surface area (Å²) < 4.78 is 0. The third-order valence-corrected chi connectivity index (χ3v) is 5.84. The molecule has 0 saturated heterocycles. The van der Waals surface area contributed by atoms with Crippen molar-refractivity contribution in [1.29, 1.82) is 0 Å². The summed E-state index contributed by atoms with van der Waals surface area (Å²) >= 11 is 1.46. The van der Waals surface area contributed by atoms with Gasteiger partial charge in [-0.25, -0.2) is 9.59 Å². The first-order valence-electron chi connectivity index (χ1n) is 10.3. The molecule has 7 nitrogen and oxygen atoms in total. The summed E-state index contributed by atoms with van der Waals surface area (Å²) in [5.41, 5.74) is 2.02. The van der Waals surface area contributed by atoms with Crippen LogP contribution in [0, 0.1) is 5.92 Å². The number of hydrogen-bond acceptors (Lipinski definition) is 5. The van der Waals surface area contributed by atoms with Crippen LogP contribution in [-0.2, 0) is 4.79 Å². The zero-order valence-electron chi connectivity index (χ0n) is 18.1. The summed E-state index contributed by atoms with van der Waals surface area (Å²) in [6.45, 7) is 6.13. The molecule has 2 rings (SSSR count). The molecule has 31 heavy (non-hydrogen) atoms. The highest BCUT2D eigenvalue weighted by Gasteiger charge is 2.27. The van der Waals surface area contributed by atoms with Gasteiger partial charge in [0.15, 0.2) is 0 Å². The molecule has 0 radical (unpaired) electrons. The van der Waals surface area contributed by atoms with E-state index in [0.29, 0.717) is 17.9 Å². The Hall–Kier alpha value is -2.87. The second-order valence-corrected chi connectivity index (χ2v) is 8.63. The standard InChI is InChI=1S/C23H29N3O4S/c1-4-11-26(23(30)25-20(22(28)29)15-31-14-16(2)3)21(27)18-8-5-7-17(12-18)19-9-6-10-24-13-19/h5-10,12-13,16,20H,4,11,14-15H2,1-3H3,(H,25,30)(H,28,29)/t20-/m0/s1. The van der Waals surface area contributed by atoms with Crippen molar-refractivity contribution in [3.05, 3.63) is 54.4 Å². The van der Waals surface area contributed by atoms with E-state index < -0.39 is 23.9 Å². The zero-order chi connectivity index (χ0) is 22.8. The van der Waals surface area contributed by atoms with Gasteiger partial charge in [-0.15, -0.1) is 0 Å². The Morgan fingerprint density at radius 2 is 1.87 bits per heavy atom. The molecule has 3 amide bonds. The third-order valence-electron chi connectivity index (χ3n) is 4.37. The number of urea groups is 1. The van der Waals surface area contributed by atoms with Crippen molar-refractivity contribution >= 4 is 29.7 Å². The number of nitrogens with one attached hydrogen (secondary N) is 1. The zero-order valence-corrected chi connectivity index (χ0v) is 18.9. The fourth-order valence-electron chi connectivity index (χ4n) is 2.86. The van der Waals surface area contributed by atoms with E-state index in [1.807, 2.05) is 39.0 Å². The van der Waals surface area contributed by atoms with Crippen molar-refractivity contribution in [2.75, 3.05) is 18.1 Å². The molecule has 2 aromatic rings. The van der Waals surface area contributed by atoms with E-state index in [9.17, 15) is 19.5 Å². The van der Waals surface area contributed by atoms with Gasteiger partial charge in [0.05, 0.1) is 0 Å². The van der Waals surface area contributed by atoms with E-state index in [0.717, 1.165) is 21.8 Å². The van der Waals surface area contributed by atoms with Crippen molar-refractivity contribution in [3.8, 4) is 11.1 Å². The molecule has 0 spiro atoms. The molecule has 1 heterocycles. The number of thioether (sulfide) groups is 1. The Kier molecular flexibility index (Phi) is 9.52. The SMILES string of the molecule is CCCN(C(=O)N[C@@H](CSCC(C)C)C(=O)O)C(=O)c1cccc(-c2cccnc2)c1. The van der Waals surface area contributed by atoms with Crippen LogP contribution < -0.4 is 5.32 Å². The summed E-state index contributed by atoms with van der Waals surface area (Å²) in [5, 5.41) is 12.0. The van der Waals surface area contributed by atoms with Gasteiger partial charge in [0, 0.05) is 35.8 Å². The van der Waals surface area contributed by atoms with Gasteiger partial charge in [-0.3, -0.25) is 14.7 Å². The molecule has 0 unspecified atom stereocenters. The number of amides is 3. The highest BCUT2D eigenvalue weighted by Crippen LogP contribution is 2.20. The van der Waals surface area contributed by atoms with Crippen LogP contribution in [0.2, 0.25) is 0 Å². The van der Waals surface area contributed by atoms with Crippen LogP contribution in [-0.4, -0.2) is 57.0 Å². The number of hydrogen-bond donors (Lipinski definition) is 2. The molecule has 2 N–H and O–H groups in total. The minimum Gasteiger partial charge on any atom is -0.480 e. The monoisotopic (exact) mass is 443 g/mol. The normalized spacial score (nSPS) is 11.7. The number of nitrogens with zero attached hydrogens (tertiary/aromatic N) is 2. The van der Waals surface area contributed by atoms with Gasteiger partial charge in [-0.05, 0) is 41.9 Å². The maximum atomic E-state index is 13.1. The lowest BCUT2D eigenvalue weighted by Crippen LogP contribution is -2.51. The Morgan fingerprint density at radius 3 is 2.48 bits per heavy atom. The quantitative estimate of drug-likeness (QED) is 0.572. The number of carbonyl (C=O) groups is 3. The molecule has 0 aliphatic carbocycles. The third kappa shape index (κ3) is 7.40. The van der Waals surface area contributed by atoms with E-state index in [1.165, 1.54) is 11.8 Å². The van der Waals surface area contributed by atoms with E-state index in [2.05, 4.69) is 10.3 Å². The molecule has 0 aliphatic rings. The topological polar surface area (TPSA) is 99.6 Å². The highest BCUT2D eigenvalue weighted by molar-refractivity contribution is 7.99. The van der Waals surface area contributed by atoms with E-state index >= 15 is 0 Å². The number of imide groups is 1. The summed E-state index contributed by atoms with van der Waals surface area (Å²) in [6.07, 6.45) is 3.93. The number of rotatable bonds is 10. The lowest BCUT2D eigenvalue weighted by Gasteiger charge is -2.23. The molecular formula is C23H29N3O4S. The van der Waals surface area contributed by atoms with Crippen LogP contribution in [0.25, 0.3) is 11.1 Å². The van der Waals surface area contributed by atoms with Crippen molar-refractivity contribution < 1.29 is 19.5 Å². The van der Waals surface area contributed by atoms with Crippen molar-refractivity contribution in [1.82, 2.24) is 15.2 Å². The van der Waals surface area contributed by atoms with E-state index in [1.54, 1.807) is 30.6 Å². The second-order valence-electron chi connectivity index (χ2n) is 7.55. The number of benzene rings is 1. The summed E-state index contributed by atoms with van der Waals surface area (Å²) in [7, 11) is 0. The molecule has 1 atom stereocenters. The molecule has 8 heteroatoms. The minimum atomic E-state index is -1.12. The highest BCUT2D eigenvalue weighted by atomic mass is 32.2. The van der Waals surface area contributed by atoms with Crippen LogP contribution in [0.3, 0.4) is 0 Å². The van der Waals surface area contributed by atoms with Crippen LogP contribution in [0.1, 0.15) is 37.6 Å². The average Bonchev–Trinajstić information content (AvgIpc) is 2.76. The number of aliphatic carboxylic acids is 1. The van der Waals surface area contributed by atoms with E-state index in [4.69, 9.17) is 0 Å². The van der Waals surface area contributed by atoms with Crippen LogP contribution in [0.5, 0.6) is 0 Å². The molecule has 0 bridgehead atoms. The number of carbonyl (C=O) groups excluding carboxylic acids is 2.